The molecule has 1 amide bonds. The molecule has 1 aliphatic heterocycles. The molecule has 0 radical (unpaired) electrons. The number of nitrogens with one attached hydrogen (secondary N) is 1. The Labute approximate surface area is 115 Å². The fraction of sp³-hybridized carbons (Fsp3) is 0.133. The number of rotatable bonds is 1. The van der Waals surface area contributed by atoms with Crippen LogP contribution in [0.1, 0.15) is 12.5 Å². The van der Waals surface area contributed by atoms with Crippen molar-refractivity contribution in [2.45, 2.75) is 13.0 Å². The van der Waals surface area contributed by atoms with E-state index in [4.69, 9.17) is 10.00 Å². The van der Waals surface area contributed by atoms with Gasteiger partial charge in [0.1, 0.15) is 11.8 Å². The summed E-state index contributed by atoms with van der Waals surface area (Å²) >= 11 is 0. The van der Waals surface area contributed by atoms with Gasteiger partial charge in [-0.3, -0.25) is 9.78 Å². The minimum Gasteiger partial charge on any atom is -0.479 e. The summed E-state index contributed by atoms with van der Waals surface area (Å²) in [5.41, 5.74) is 2.72. The molecule has 1 atom stereocenters. The number of hydrogen-bond acceptors (Lipinski definition) is 4. The lowest BCUT2D eigenvalue weighted by molar-refractivity contribution is -0.122. The van der Waals surface area contributed by atoms with Gasteiger partial charge in [-0.25, -0.2) is 0 Å². The Kier molecular flexibility index (Phi) is 2.84. The fourth-order valence-electron chi connectivity index (χ4n) is 2.11. The van der Waals surface area contributed by atoms with Crippen molar-refractivity contribution < 1.29 is 9.53 Å². The Balaban J connectivity index is 2.08. The van der Waals surface area contributed by atoms with E-state index in [9.17, 15) is 4.79 Å². The zero-order valence-electron chi connectivity index (χ0n) is 10.8. The molecule has 3 rings (SSSR count). The average molecular weight is 265 g/mol. The number of benzene rings is 1. The van der Waals surface area contributed by atoms with Gasteiger partial charge in [0.25, 0.3) is 5.91 Å². The van der Waals surface area contributed by atoms with Crippen molar-refractivity contribution in [3.05, 3.63) is 42.2 Å². The third-order valence-electron chi connectivity index (χ3n) is 3.16. The smallest absolute Gasteiger partial charge is 0.265 e. The molecule has 1 aromatic heterocycles. The van der Waals surface area contributed by atoms with Crippen molar-refractivity contribution in [1.29, 1.82) is 5.26 Å². The second-order valence-electron chi connectivity index (χ2n) is 4.49. The highest BCUT2D eigenvalue weighted by Crippen LogP contribution is 2.34. The van der Waals surface area contributed by atoms with Crippen molar-refractivity contribution in [1.82, 2.24) is 4.98 Å². The van der Waals surface area contributed by atoms with Crippen molar-refractivity contribution in [2.24, 2.45) is 0 Å². The molecule has 98 valence electrons. The number of anilines is 1. The molecule has 0 bridgehead atoms. The number of amides is 1. The quantitative estimate of drug-likeness (QED) is 0.858. The largest absolute Gasteiger partial charge is 0.479 e. The number of fused-ring (bicyclic) bond motifs is 1. The summed E-state index contributed by atoms with van der Waals surface area (Å²) in [7, 11) is 0. The minimum absolute atomic E-state index is 0.176. The zero-order chi connectivity index (χ0) is 14.1. The number of hydrogen-bond donors (Lipinski definition) is 1. The first-order chi connectivity index (χ1) is 9.69. The van der Waals surface area contributed by atoms with E-state index < -0.39 is 6.10 Å². The summed E-state index contributed by atoms with van der Waals surface area (Å²) in [6.07, 6.45) is 2.66. The van der Waals surface area contributed by atoms with Gasteiger partial charge in [-0.05, 0) is 30.7 Å². The van der Waals surface area contributed by atoms with Crippen LogP contribution in [-0.4, -0.2) is 17.0 Å². The molecule has 0 spiro atoms. The number of pyridine rings is 1. The first-order valence-corrected chi connectivity index (χ1v) is 6.15. The second-order valence-corrected chi connectivity index (χ2v) is 4.49. The average Bonchev–Trinajstić information content (AvgIpc) is 2.48. The zero-order valence-corrected chi connectivity index (χ0v) is 10.8. The maximum Gasteiger partial charge on any atom is 0.265 e. The highest BCUT2D eigenvalue weighted by atomic mass is 16.5. The predicted octanol–water partition coefficient (Wildman–Crippen LogP) is 2.34. The molecule has 0 saturated heterocycles. The fourth-order valence-corrected chi connectivity index (χ4v) is 2.11. The molecule has 2 aromatic rings. The summed E-state index contributed by atoms with van der Waals surface area (Å²) in [6.45, 7) is 1.70. The number of carbonyl (C=O) groups is 1. The van der Waals surface area contributed by atoms with Gasteiger partial charge in [-0.15, -0.1) is 0 Å². The Bertz CT molecular complexity index is 734. The Hall–Kier alpha value is -2.87. The highest BCUT2D eigenvalue weighted by Gasteiger charge is 2.23. The van der Waals surface area contributed by atoms with E-state index in [1.807, 2.05) is 6.07 Å². The molecule has 1 unspecified atom stereocenters. The number of nitrogens with zero attached hydrogens (tertiary/aromatic N) is 2. The Morgan fingerprint density at radius 2 is 2.25 bits per heavy atom. The number of ether oxygens (including phenoxy) is 1. The number of carbonyl (C=O) groups excluding carboxylic acids is 1. The molecule has 0 aliphatic carbocycles. The molecule has 5 nitrogen and oxygen atoms in total. The molecule has 1 N–H and O–H groups in total. The van der Waals surface area contributed by atoms with Crippen LogP contribution >= 0.6 is 0 Å². The van der Waals surface area contributed by atoms with Gasteiger partial charge >= 0.3 is 0 Å². The molecule has 0 saturated carbocycles. The van der Waals surface area contributed by atoms with Gasteiger partial charge in [0.2, 0.25) is 0 Å². The normalized spacial score (nSPS) is 16.6. The van der Waals surface area contributed by atoms with Gasteiger partial charge in [0.15, 0.2) is 6.10 Å². The number of nitriles is 1. The molecule has 20 heavy (non-hydrogen) atoms. The Morgan fingerprint density at radius 1 is 1.40 bits per heavy atom. The minimum atomic E-state index is -0.496. The van der Waals surface area contributed by atoms with Crippen LogP contribution in [0.2, 0.25) is 0 Å². The van der Waals surface area contributed by atoms with Crippen LogP contribution < -0.4 is 10.1 Å². The highest BCUT2D eigenvalue weighted by molar-refractivity contribution is 5.98. The molecular weight excluding hydrogens is 254 g/mol. The summed E-state index contributed by atoms with van der Waals surface area (Å²) in [5.74, 6) is 0.457. The van der Waals surface area contributed by atoms with Crippen LogP contribution in [0.3, 0.4) is 0 Å². The monoisotopic (exact) mass is 265 g/mol. The van der Waals surface area contributed by atoms with E-state index >= 15 is 0 Å². The van der Waals surface area contributed by atoms with E-state index in [-0.39, 0.29) is 5.91 Å². The van der Waals surface area contributed by atoms with Gasteiger partial charge in [-0.2, -0.15) is 5.26 Å². The maximum absolute atomic E-state index is 11.6. The van der Waals surface area contributed by atoms with Crippen LogP contribution in [0.5, 0.6) is 5.75 Å². The maximum atomic E-state index is 11.6. The van der Waals surface area contributed by atoms with Crippen molar-refractivity contribution in [2.75, 3.05) is 5.32 Å². The SMILES string of the molecule is CC1Oc2ccc(-c3ccncc3C#N)cc2NC1=O. The molecule has 2 heterocycles. The van der Waals surface area contributed by atoms with Crippen LogP contribution in [0.15, 0.2) is 36.7 Å². The topological polar surface area (TPSA) is 75.0 Å². The summed E-state index contributed by atoms with van der Waals surface area (Å²) in [5, 5.41) is 11.9. The molecule has 1 aliphatic rings. The molecule has 5 heteroatoms. The standard InChI is InChI=1S/C15H11N3O2/c1-9-15(19)18-13-6-10(2-3-14(13)20-9)12-4-5-17-8-11(12)7-16/h2-6,8-9H,1H3,(H,18,19). The van der Waals surface area contributed by atoms with Crippen molar-refractivity contribution in [3.8, 4) is 22.9 Å². The molecular formula is C15H11N3O2. The van der Waals surface area contributed by atoms with Gasteiger partial charge < -0.3 is 10.1 Å². The van der Waals surface area contributed by atoms with E-state index in [1.165, 1.54) is 6.20 Å². The van der Waals surface area contributed by atoms with Crippen LogP contribution in [0.4, 0.5) is 5.69 Å². The van der Waals surface area contributed by atoms with E-state index in [2.05, 4.69) is 16.4 Å². The van der Waals surface area contributed by atoms with E-state index in [1.54, 1.807) is 31.3 Å². The van der Waals surface area contributed by atoms with Gasteiger partial charge in [0.05, 0.1) is 11.3 Å². The van der Waals surface area contributed by atoms with Crippen molar-refractivity contribution in [3.63, 3.8) is 0 Å². The van der Waals surface area contributed by atoms with E-state index in [0.29, 0.717) is 17.0 Å². The summed E-state index contributed by atoms with van der Waals surface area (Å²) in [6, 6.07) is 9.34. The first kappa shape index (κ1) is 12.2. The summed E-state index contributed by atoms with van der Waals surface area (Å²) in [4.78, 5) is 15.6. The van der Waals surface area contributed by atoms with Crippen molar-refractivity contribution >= 4 is 11.6 Å². The van der Waals surface area contributed by atoms with Gasteiger partial charge in [0, 0.05) is 18.0 Å². The first-order valence-electron chi connectivity index (χ1n) is 6.15. The van der Waals surface area contributed by atoms with Gasteiger partial charge in [-0.1, -0.05) is 6.07 Å². The molecule has 0 fully saturated rings. The predicted molar refractivity (Wildman–Crippen MR) is 73.1 cm³/mol. The lowest BCUT2D eigenvalue weighted by Crippen LogP contribution is -2.34. The summed E-state index contributed by atoms with van der Waals surface area (Å²) < 4.78 is 5.50. The number of aromatic nitrogens is 1. The van der Waals surface area contributed by atoms with Crippen LogP contribution in [0, 0.1) is 11.3 Å². The third-order valence-corrected chi connectivity index (χ3v) is 3.16. The third kappa shape index (κ3) is 1.97. The second kappa shape index (κ2) is 4.67. The van der Waals surface area contributed by atoms with E-state index in [0.717, 1.165) is 11.1 Å². The lowest BCUT2D eigenvalue weighted by atomic mass is 10.0. The molecule has 1 aromatic carbocycles. The Morgan fingerprint density at radius 3 is 3.05 bits per heavy atom. The van der Waals surface area contributed by atoms with Crippen LogP contribution in [0.25, 0.3) is 11.1 Å². The lowest BCUT2D eigenvalue weighted by Gasteiger charge is -2.23. The van der Waals surface area contributed by atoms with Crippen LogP contribution in [-0.2, 0) is 4.79 Å².